The maximum atomic E-state index is 11.9. The van der Waals surface area contributed by atoms with Crippen molar-refractivity contribution in [2.45, 2.75) is 6.42 Å². The molecule has 0 unspecified atom stereocenters. The molecule has 1 N–H and O–H groups in total. The summed E-state index contributed by atoms with van der Waals surface area (Å²) in [6.07, 6.45) is 3.75. The molecule has 1 fully saturated rings. The molecule has 6 heteroatoms. The van der Waals surface area contributed by atoms with Gasteiger partial charge in [0.05, 0.1) is 3.79 Å². The van der Waals surface area contributed by atoms with Crippen LogP contribution in [-0.4, -0.2) is 36.3 Å². The second-order valence-corrected chi connectivity index (χ2v) is 6.40. The Balaban J connectivity index is 1.94. The van der Waals surface area contributed by atoms with E-state index >= 15 is 0 Å². The van der Waals surface area contributed by atoms with Gasteiger partial charge in [0, 0.05) is 37.0 Å². The van der Waals surface area contributed by atoms with Crippen LogP contribution in [0.2, 0.25) is 0 Å². The van der Waals surface area contributed by atoms with Gasteiger partial charge >= 0.3 is 0 Å². The Morgan fingerprint density at radius 2 is 2.28 bits per heavy atom. The normalized spacial score (nSPS) is 16.7. The van der Waals surface area contributed by atoms with Crippen LogP contribution in [0.1, 0.15) is 11.3 Å². The van der Waals surface area contributed by atoms with Crippen molar-refractivity contribution in [3.63, 3.8) is 0 Å². The van der Waals surface area contributed by atoms with Gasteiger partial charge in [0.25, 0.3) is 0 Å². The zero-order chi connectivity index (χ0) is 13.0. The largest absolute Gasteiger partial charge is 0.354 e. The fourth-order valence-corrected chi connectivity index (χ4v) is 2.99. The number of rotatable bonds is 2. The van der Waals surface area contributed by atoms with Crippen LogP contribution in [0.5, 0.6) is 0 Å². The first-order valence-corrected chi connectivity index (χ1v) is 7.25. The highest BCUT2D eigenvalue weighted by atomic mass is 79.9. The van der Waals surface area contributed by atoms with Gasteiger partial charge in [-0.15, -0.1) is 11.3 Å². The SMILES string of the molecule is O=C1CCN(C(=O)C=Cc2ccc(Br)s2)CCN1. The number of amides is 2. The lowest BCUT2D eigenvalue weighted by atomic mass is 10.3. The molecule has 0 bridgehead atoms. The first-order chi connectivity index (χ1) is 8.65. The third kappa shape index (κ3) is 3.68. The van der Waals surface area contributed by atoms with Gasteiger partial charge in [0.15, 0.2) is 0 Å². The Morgan fingerprint density at radius 3 is 3.00 bits per heavy atom. The number of halogens is 1. The van der Waals surface area contributed by atoms with Crippen LogP contribution >= 0.6 is 27.3 Å². The Morgan fingerprint density at radius 1 is 1.44 bits per heavy atom. The molecule has 0 aromatic carbocycles. The number of carbonyl (C=O) groups excluding carboxylic acids is 2. The van der Waals surface area contributed by atoms with E-state index < -0.39 is 0 Å². The van der Waals surface area contributed by atoms with Gasteiger partial charge in [0.2, 0.25) is 11.8 Å². The molecular weight excluding hydrogens is 316 g/mol. The molecule has 2 amide bonds. The van der Waals surface area contributed by atoms with Crippen LogP contribution in [0.3, 0.4) is 0 Å². The smallest absolute Gasteiger partial charge is 0.246 e. The molecule has 4 nitrogen and oxygen atoms in total. The number of nitrogens with zero attached hydrogens (tertiary/aromatic N) is 1. The lowest BCUT2D eigenvalue weighted by Gasteiger charge is -2.16. The van der Waals surface area contributed by atoms with Crippen molar-refractivity contribution in [2.24, 2.45) is 0 Å². The molecule has 2 rings (SSSR count). The summed E-state index contributed by atoms with van der Waals surface area (Å²) in [6, 6.07) is 3.90. The van der Waals surface area contributed by atoms with Crippen LogP contribution in [0.4, 0.5) is 0 Å². The predicted octanol–water partition coefficient (Wildman–Crippen LogP) is 1.87. The van der Waals surface area contributed by atoms with Gasteiger partial charge in [-0.25, -0.2) is 0 Å². The molecule has 2 heterocycles. The van der Waals surface area contributed by atoms with E-state index in [9.17, 15) is 9.59 Å². The first-order valence-electron chi connectivity index (χ1n) is 5.64. The van der Waals surface area contributed by atoms with Crippen molar-refractivity contribution >= 4 is 45.2 Å². The van der Waals surface area contributed by atoms with Crippen molar-refractivity contribution in [1.29, 1.82) is 0 Å². The molecule has 1 aliphatic rings. The summed E-state index contributed by atoms with van der Waals surface area (Å²) >= 11 is 4.95. The van der Waals surface area contributed by atoms with Crippen molar-refractivity contribution in [3.8, 4) is 0 Å². The van der Waals surface area contributed by atoms with E-state index in [0.717, 1.165) is 8.66 Å². The molecular formula is C12H13BrN2O2S. The van der Waals surface area contributed by atoms with E-state index in [2.05, 4.69) is 21.2 Å². The van der Waals surface area contributed by atoms with E-state index in [1.807, 2.05) is 12.1 Å². The monoisotopic (exact) mass is 328 g/mol. The number of nitrogens with one attached hydrogen (secondary N) is 1. The molecule has 1 saturated heterocycles. The van der Waals surface area contributed by atoms with Crippen LogP contribution in [0, 0.1) is 0 Å². The molecule has 0 spiro atoms. The van der Waals surface area contributed by atoms with Gasteiger partial charge in [0.1, 0.15) is 0 Å². The molecule has 1 aliphatic heterocycles. The second-order valence-electron chi connectivity index (χ2n) is 3.90. The summed E-state index contributed by atoms with van der Waals surface area (Å²) in [5, 5.41) is 2.75. The molecule has 0 atom stereocenters. The second kappa shape index (κ2) is 6.15. The van der Waals surface area contributed by atoms with Crippen LogP contribution in [0.15, 0.2) is 22.0 Å². The number of hydrogen-bond acceptors (Lipinski definition) is 3. The summed E-state index contributed by atoms with van der Waals surface area (Å²) in [5.74, 6) is -0.0347. The predicted molar refractivity (Wildman–Crippen MR) is 75.3 cm³/mol. The van der Waals surface area contributed by atoms with Gasteiger partial charge in [-0.1, -0.05) is 0 Å². The van der Waals surface area contributed by atoms with E-state index in [0.29, 0.717) is 26.1 Å². The third-order valence-corrected chi connectivity index (χ3v) is 4.20. The highest BCUT2D eigenvalue weighted by Gasteiger charge is 2.16. The van der Waals surface area contributed by atoms with Crippen LogP contribution in [-0.2, 0) is 9.59 Å². The van der Waals surface area contributed by atoms with Crippen molar-refractivity contribution in [3.05, 3.63) is 26.9 Å². The van der Waals surface area contributed by atoms with Crippen molar-refractivity contribution < 1.29 is 9.59 Å². The minimum absolute atomic E-state index is 0.0106. The third-order valence-electron chi connectivity index (χ3n) is 2.61. The van der Waals surface area contributed by atoms with E-state index in [4.69, 9.17) is 0 Å². The van der Waals surface area contributed by atoms with E-state index in [1.165, 1.54) is 0 Å². The number of carbonyl (C=O) groups is 2. The lowest BCUT2D eigenvalue weighted by Crippen LogP contribution is -2.32. The fraction of sp³-hybridized carbons (Fsp3) is 0.333. The van der Waals surface area contributed by atoms with E-state index in [1.54, 1.807) is 28.4 Å². The molecule has 18 heavy (non-hydrogen) atoms. The Hall–Kier alpha value is -1.14. The van der Waals surface area contributed by atoms with Gasteiger partial charge < -0.3 is 10.2 Å². The van der Waals surface area contributed by atoms with Gasteiger partial charge in [-0.3, -0.25) is 9.59 Å². The van der Waals surface area contributed by atoms with Crippen LogP contribution < -0.4 is 5.32 Å². The Bertz CT molecular complexity index is 484. The first kappa shape index (κ1) is 13.3. The quantitative estimate of drug-likeness (QED) is 0.842. The zero-order valence-electron chi connectivity index (χ0n) is 9.69. The van der Waals surface area contributed by atoms with Crippen LogP contribution in [0.25, 0.3) is 6.08 Å². The summed E-state index contributed by atoms with van der Waals surface area (Å²) in [4.78, 5) is 25.8. The summed E-state index contributed by atoms with van der Waals surface area (Å²) in [5.41, 5.74) is 0. The highest BCUT2D eigenvalue weighted by Crippen LogP contribution is 2.23. The lowest BCUT2D eigenvalue weighted by molar-refractivity contribution is -0.125. The average Bonchev–Trinajstić information content (AvgIpc) is 2.63. The Labute approximate surface area is 118 Å². The molecule has 1 aromatic rings. The van der Waals surface area contributed by atoms with E-state index in [-0.39, 0.29) is 11.8 Å². The maximum absolute atomic E-state index is 11.9. The summed E-state index contributed by atoms with van der Waals surface area (Å²) in [6.45, 7) is 1.59. The van der Waals surface area contributed by atoms with Gasteiger partial charge in [-0.2, -0.15) is 0 Å². The molecule has 0 radical (unpaired) electrons. The summed E-state index contributed by atoms with van der Waals surface area (Å²) in [7, 11) is 0. The molecule has 0 aliphatic carbocycles. The highest BCUT2D eigenvalue weighted by molar-refractivity contribution is 9.11. The molecule has 1 aromatic heterocycles. The maximum Gasteiger partial charge on any atom is 0.246 e. The summed E-state index contributed by atoms with van der Waals surface area (Å²) < 4.78 is 1.04. The number of thiophene rings is 1. The van der Waals surface area contributed by atoms with Gasteiger partial charge in [-0.05, 0) is 34.1 Å². The Kier molecular flexibility index (Phi) is 4.54. The minimum Gasteiger partial charge on any atom is -0.354 e. The average molecular weight is 329 g/mol. The minimum atomic E-state index is -0.0453. The fourth-order valence-electron chi connectivity index (χ4n) is 1.66. The van der Waals surface area contributed by atoms with Crippen molar-refractivity contribution in [2.75, 3.05) is 19.6 Å². The standard InChI is InChI=1S/C12H13BrN2O2S/c13-10-3-1-9(18-10)2-4-12(17)15-7-5-11(16)14-6-8-15/h1-4H,5-8H2,(H,14,16). The zero-order valence-corrected chi connectivity index (χ0v) is 12.1. The van der Waals surface area contributed by atoms with Crippen molar-refractivity contribution in [1.82, 2.24) is 10.2 Å². The number of hydrogen-bond donors (Lipinski definition) is 1. The molecule has 96 valence electrons. The topological polar surface area (TPSA) is 49.4 Å². The molecule has 0 saturated carbocycles.